The van der Waals surface area contributed by atoms with Crippen molar-refractivity contribution in [1.82, 2.24) is 10.2 Å². The van der Waals surface area contributed by atoms with Gasteiger partial charge in [0.15, 0.2) is 0 Å². The van der Waals surface area contributed by atoms with Crippen molar-refractivity contribution < 1.29 is 6.22 Å². The quantitative estimate of drug-likeness (QED) is 0.889. The molecule has 3 nitrogen and oxygen atoms in total. The summed E-state index contributed by atoms with van der Waals surface area (Å²) >= 11 is 0. The zero-order chi connectivity index (χ0) is 16.7. The topological polar surface area (TPSA) is 32.3 Å². The SMILES string of the molecule is CC(=O)N[C@H]1CC2(CCN(C3CCCC3C)CC2)c2ccccc21.[HH]. The Hall–Kier alpha value is -1.35. The number of carbonyl (C=O) groups is 1. The molecule has 1 amide bonds. The van der Waals surface area contributed by atoms with E-state index in [0.717, 1.165) is 18.4 Å². The lowest BCUT2D eigenvalue weighted by Crippen LogP contribution is -2.47. The van der Waals surface area contributed by atoms with Crippen molar-refractivity contribution >= 4 is 5.91 Å². The minimum Gasteiger partial charge on any atom is -0.349 e. The third-order valence-electron chi connectivity index (χ3n) is 6.92. The van der Waals surface area contributed by atoms with E-state index in [0.29, 0.717) is 0 Å². The lowest BCUT2D eigenvalue weighted by Gasteiger charge is -2.43. The summed E-state index contributed by atoms with van der Waals surface area (Å²) in [4.78, 5) is 14.4. The van der Waals surface area contributed by atoms with Gasteiger partial charge in [-0.2, -0.15) is 0 Å². The van der Waals surface area contributed by atoms with Crippen LogP contribution in [-0.2, 0) is 10.2 Å². The molecule has 1 aliphatic heterocycles. The van der Waals surface area contributed by atoms with Crippen molar-refractivity contribution in [2.45, 2.75) is 69.9 Å². The number of fused-ring (bicyclic) bond motifs is 2. The normalized spacial score (nSPS) is 32.0. The monoisotopic (exact) mass is 328 g/mol. The molecular formula is C21H32N2O. The molecule has 4 rings (SSSR count). The van der Waals surface area contributed by atoms with Crippen LogP contribution in [0.1, 0.15) is 71.0 Å². The first-order chi connectivity index (χ1) is 11.6. The van der Waals surface area contributed by atoms with E-state index in [1.807, 2.05) is 0 Å². The molecule has 1 heterocycles. The number of amides is 1. The van der Waals surface area contributed by atoms with E-state index in [1.54, 1.807) is 6.92 Å². The number of hydrogen-bond acceptors (Lipinski definition) is 2. The van der Waals surface area contributed by atoms with Crippen molar-refractivity contribution in [3.05, 3.63) is 35.4 Å². The maximum absolute atomic E-state index is 11.6. The molecule has 2 fully saturated rings. The standard InChI is InChI=1S/C21H30N2O.H2/c1-15-6-5-9-20(15)23-12-10-21(11-13-23)14-19(22-16(2)24)17-7-3-4-8-18(17)21;/h3-4,7-8,15,19-20H,5-6,9-14H2,1-2H3,(H,22,24);1H/t15?,19-,20?;/m0./s1. The van der Waals surface area contributed by atoms with E-state index in [-0.39, 0.29) is 18.8 Å². The van der Waals surface area contributed by atoms with Gasteiger partial charge in [-0.3, -0.25) is 4.79 Å². The molecule has 2 unspecified atom stereocenters. The first kappa shape index (κ1) is 16.1. The van der Waals surface area contributed by atoms with Gasteiger partial charge in [-0.1, -0.05) is 37.6 Å². The van der Waals surface area contributed by atoms with E-state index >= 15 is 0 Å². The van der Waals surface area contributed by atoms with Crippen LogP contribution in [0.2, 0.25) is 0 Å². The van der Waals surface area contributed by atoms with Gasteiger partial charge in [-0.15, -0.1) is 0 Å². The van der Waals surface area contributed by atoms with E-state index in [2.05, 4.69) is 41.4 Å². The summed E-state index contributed by atoms with van der Waals surface area (Å²) in [6, 6.07) is 9.83. The van der Waals surface area contributed by atoms with Crippen LogP contribution in [0.3, 0.4) is 0 Å². The van der Waals surface area contributed by atoms with Crippen molar-refractivity contribution in [2.75, 3.05) is 13.1 Å². The fraction of sp³-hybridized carbons (Fsp3) is 0.667. The molecule has 132 valence electrons. The third kappa shape index (κ3) is 2.67. The summed E-state index contributed by atoms with van der Waals surface area (Å²) in [7, 11) is 0. The predicted molar refractivity (Wildman–Crippen MR) is 99.0 cm³/mol. The van der Waals surface area contributed by atoms with Crippen molar-refractivity contribution in [1.29, 1.82) is 0 Å². The molecule has 3 heteroatoms. The molecule has 2 aliphatic carbocycles. The largest absolute Gasteiger partial charge is 0.349 e. The summed E-state index contributed by atoms with van der Waals surface area (Å²) in [5.74, 6) is 0.950. The molecule has 0 aromatic heterocycles. The highest BCUT2D eigenvalue weighted by atomic mass is 16.1. The van der Waals surface area contributed by atoms with Gasteiger partial charge >= 0.3 is 0 Å². The highest BCUT2D eigenvalue weighted by molar-refractivity contribution is 5.73. The zero-order valence-electron chi connectivity index (χ0n) is 15.1. The number of benzene rings is 1. The number of nitrogens with zero attached hydrogens (tertiary/aromatic N) is 1. The lowest BCUT2D eigenvalue weighted by molar-refractivity contribution is -0.119. The van der Waals surface area contributed by atoms with E-state index in [4.69, 9.17) is 0 Å². The summed E-state index contributed by atoms with van der Waals surface area (Å²) in [5.41, 5.74) is 3.14. The van der Waals surface area contributed by atoms with Crippen LogP contribution in [-0.4, -0.2) is 29.9 Å². The van der Waals surface area contributed by atoms with Gasteiger partial charge in [0, 0.05) is 19.8 Å². The van der Waals surface area contributed by atoms with Gasteiger partial charge in [0.1, 0.15) is 0 Å². The molecule has 0 radical (unpaired) electrons. The van der Waals surface area contributed by atoms with Gasteiger partial charge in [-0.05, 0) is 62.2 Å². The molecule has 1 saturated heterocycles. The summed E-state index contributed by atoms with van der Waals surface area (Å²) in [6.45, 7) is 6.50. The highest BCUT2D eigenvalue weighted by Gasteiger charge is 2.46. The summed E-state index contributed by atoms with van der Waals surface area (Å²) < 4.78 is 0. The molecule has 3 aliphatic rings. The van der Waals surface area contributed by atoms with Crippen LogP contribution in [0.4, 0.5) is 0 Å². The number of piperidine rings is 1. The smallest absolute Gasteiger partial charge is 0.217 e. The first-order valence-corrected chi connectivity index (χ1v) is 9.70. The maximum Gasteiger partial charge on any atom is 0.217 e. The van der Waals surface area contributed by atoms with E-state index in [1.165, 1.54) is 56.3 Å². The lowest BCUT2D eigenvalue weighted by atomic mass is 9.73. The molecule has 0 bridgehead atoms. The second-order valence-electron chi connectivity index (χ2n) is 8.34. The van der Waals surface area contributed by atoms with E-state index in [9.17, 15) is 4.79 Å². The molecule has 24 heavy (non-hydrogen) atoms. The Labute approximate surface area is 147 Å². The molecular weight excluding hydrogens is 296 g/mol. The van der Waals surface area contributed by atoms with Gasteiger partial charge in [0.2, 0.25) is 5.91 Å². The van der Waals surface area contributed by atoms with Crippen molar-refractivity contribution in [3.63, 3.8) is 0 Å². The van der Waals surface area contributed by atoms with Crippen LogP contribution in [0.15, 0.2) is 24.3 Å². The highest BCUT2D eigenvalue weighted by Crippen LogP contribution is 2.51. The number of carbonyl (C=O) groups excluding carboxylic acids is 1. The average molecular weight is 328 g/mol. The fourth-order valence-corrected chi connectivity index (χ4v) is 5.69. The van der Waals surface area contributed by atoms with Gasteiger partial charge in [-0.25, -0.2) is 0 Å². The second-order valence-corrected chi connectivity index (χ2v) is 8.34. The Balaban J connectivity index is 0.00000182. The Morgan fingerprint density at radius 2 is 2.00 bits per heavy atom. The van der Waals surface area contributed by atoms with Gasteiger partial charge in [0.05, 0.1) is 6.04 Å². The van der Waals surface area contributed by atoms with Crippen molar-refractivity contribution in [2.24, 2.45) is 5.92 Å². The Morgan fingerprint density at radius 1 is 1.25 bits per heavy atom. The minimum absolute atomic E-state index is 0. The van der Waals surface area contributed by atoms with Crippen LogP contribution < -0.4 is 5.32 Å². The third-order valence-corrected chi connectivity index (χ3v) is 6.92. The predicted octanol–water partition coefficient (Wildman–Crippen LogP) is 4.04. The summed E-state index contributed by atoms with van der Waals surface area (Å²) in [6.07, 6.45) is 7.76. The Kier molecular flexibility index (Phi) is 4.16. The first-order valence-electron chi connectivity index (χ1n) is 9.70. The van der Waals surface area contributed by atoms with Crippen molar-refractivity contribution in [3.8, 4) is 0 Å². The number of likely N-dealkylation sites (tertiary alicyclic amines) is 1. The molecule has 1 N–H and O–H groups in total. The molecule has 1 aromatic carbocycles. The van der Waals surface area contributed by atoms with Crippen LogP contribution in [0.25, 0.3) is 0 Å². The van der Waals surface area contributed by atoms with Gasteiger partial charge < -0.3 is 10.2 Å². The second kappa shape index (κ2) is 6.18. The van der Waals surface area contributed by atoms with Crippen LogP contribution in [0, 0.1) is 5.92 Å². The summed E-state index contributed by atoms with van der Waals surface area (Å²) in [5, 5.41) is 3.19. The maximum atomic E-state index is 11.6. The minimum atomic E-state index is 0. The molecule has 1 saturated carbocycles. The number of nitrogens with one attached hydrogen (secondary N) is 1. The number of hydrogen-bond donors (Lipinski definition) is 1. The fourth-order valence-electron chi connectivity index (χ4n) is 5.69. The molecule has 3 atom stereocenters. The molecule has 1 aromatic rings. The molecule has 1 spiro atoms. The Morgan fingerprint density at radius 3 is 2.67 bits per heavy atom. The van der Waals surface area contributed by atoms with Gasteiger partial charge in [0.25, 0.3) is 0 Å². The zero-order valence-corrected chi connectivity index (χ0v) is 15.1. The van der Waals surface area contributed by atoms with E-state index < -0.39 is 0 Å². The Bertz CT molecular complexity index is 624. The van der Waals surface area contributed by atoms with Crippen LogP contribution in [0.5, 0.6) is 0 Å². The number of rotatable bonds is 2. The average Bonchev–Trinajstić information content (AvgIpc) is 3.12. The van der Waals surface area contributed by atoms with Crippen LogP contribution >= 0.6 is 0 Å².